The molecule has 2 rings (SSSR count). The molecule has 0 radical (unpaired) electrons. The molecule has 2 aromatic rings. The first-order valence-electron chi connectivity index (χ1n) is 6.13. The molecule has 0 saturated heterocycles. The highest BCUT2D eigenvalue weighted by Crippen LogP contribution is 2.26. The Bertz CT molecular complexity index is 611. The Morgan fingerprint density at radius 3 is 2.65 bits per heavy atom. The predicted molar refractivity (Wildman–Crippen MR) is 84.9 cm³/mol. The Hall–Kier alpha value is -1.66. The van der Waals surface area contributed by atoms with Crippen LogP contribution in [0.25, 0.3) is 0 Å². The Kier molecular flexibility index (Phi) is 4.92. The fourth-order valence-corrected chi connectivity index (χ4v) is 2.94. The summed E-state index contributed by atoms with van der Waals surface area (Å²) in [5.41, 5.74) is 6.52. The van der Waals surface area contributed by atoms with E-state index in [0.717, 1.165) is 27.1 Å². The van der Waals surface area contributed by atoms with Crippen molar-refractivity contribution in [2.45, 2.75) is 13.3 Å². The molecule has 0 bridgehead atoms. The zero-order valence-electron chi connectivity index (χ0n) is 11.4. The minimum Gasteiger partial charge on any atom is -0.493 e. The Morgan fingerprint density at radius 1 is 1.35 bits per heavy atom. The third-order valence-corrected chi connectivity index (χ3v) is 4.29. The molecule has 1 aromatic heterocycles. The van der Waals surface area contributed by atoms with Crippen LogP contribution in [0.4, 0.5) is 0 Å². The number of benzene rings is 1. The molecule has 0 fully saturated rings. The van der Waals surface area contributed by atoms with Crippen molar-refractivity contribution in [3.8, 4) is 11.5 Å². The standard InChI is InChI=1S/C14H16N2O2S2/c1-9-13(14(15)19)20-12(16-9)7-8-18-11-6-4-3-5-10(11)17-2/h3-6H,7-8H2,1-2H3,(H2,15,19). The molecule has 0 unspecified atom stereocenters. The number of rotatable bonds is 6. The number of thiazole rings is 1. The van der Waals surface area contributed by atoms with Gasteiger partial charge in [0, 0.05) is 6.42 Å². The van der Waals surface area contributed by atoms with E-state index >= 15 is 0 Å². The summed E-state index contributed by atoms with van der Waals surface area (Å²) in [6, 6.07) is 7.57. The molecule has 0 aliphatic carbocycles. The molecule has 0 saturated carbocycles. The van der Waals surface area contributed by atoms with E-state index < -0.39 is 0 Å². The second-order valence-electron chi connectivity index (χ2n) is 4.14. The molecule has 0 aliphatic rings. The average Bonchev–Trinajstić information content (AvgIpc) is 2.80. The number of ether oxygens (including phenoxy) is 2. The monoisotopic (exact) mass is 308 g/mol. The van der Waals surface area contributed by atoms with Crippen molar-refractivity contribution in [2.24, 2.45) is 5.73 Å². The Labute approximate surface area is 127 Å². The second kappa shape index (κ2) is 6.67. The molecule has 1 aromatic carbocycles. The summed E-state index contributed by atoms with van der Waals surface area (Å²) < 4.78 is 11.0. The maximum Gasteiger partial charge on any atom is 0.161 e. The van der Waals surface area contributed by atoms with Crippen molar-refractivity contribution in [1.82, 2.24) is 4.98 Å². The first-order valence-corrected chi connectivity index (χ1v) is 7.36. The quantitative estimate of drug-likeness (QED) is 0.832. The molecule has 0 amide bonds. The van der Waals surface area contributed by atoms with E-state index in [1.54, 1.807) is 7.11 Å². The molecule has 0 aliphatic heterocycles. The van der Waals surface area contributed by atoms with E-state index in [2.05, 4.69) is 4.98 Å². The molecular weight excluding hydrogens is 292 g/mol. The van der Waals surface area contributed by atoms with Crippen molar-refractivity contribution in [2.75, 3.05) is 13.7 Å². The molecule has 106 valence electrons. The van der Waals surface area contributed by atoms with E-state index in [1.807, 2.05) is 31.2 Å². The van der Waals surface area contributed by atoms with E-state index in [0.29, 0.717) is 18.0 Å². The number of nitrogens with two attached hydrogens (primary N) is 1. The highest BCUT2D eigenvalue weighted by molar-refractivity contribution is 7.81. The van der Waals surface area contributed by atoms with Crippen molar-refractivity contribution in [3.05, 3.63) is 39.8 Å². The van der Waals surface area contributed by atoms with Crippen LogP contribution in [-0.2, 0) is 6.42 Å². The lowest BCUT2D eigenvalue weighted by Gasteiger charge is -2.09. The van der Waals surface area contributed by atoms with E-state index in [4.69, 9.17) is 27.4 Å². The number of hydrogen-bond donors (Lipinski definition) is 1. The van der Waals surface area contributed by atoms with E-state index in [1.165, 1.54) is 11.3 Å². The van der Waals surface area contributed by atoms with Gasteiger partial charge in [0.1, 0.15) is 4.99 Å². The van der Waals surface area contributed by atoms with Gasteiger partial charge in [-0.2, -0.15) is 0 Å². The number of nitrogens with zero attached hydrogens (tertiary/aromatic N) is 1. The van der Waals surface area contributed by atoms with Crippen molar-refractivity contribution >= 4 is 28.5 Å². The van der Waals surface area contributed by atoms with Crippen LogP contribution in [0.5, 0.6) is 11.5 Å². The minimum atomic E-state index is 0.400. The summed E-state index contributed by atoms with van der Waals surface area (Å²) in [4.78, 5) is 5.73. The lowest BCUT2D eigenvalue weighted by Crippen LogP contribution is -2.08. The lowest BCUT2D eigenvalue weighted by molar-refractivity contribution is 0.297. The molecule has 20 heavy (non-hydrogen) atoms. The first-order chi connectivity index (χ1) is 9.61. The predicted octanol–water partition coefficient (Wildman–Crippen LogP) is 2.72. The Balaban J connectivity index is 1.96. The number of aryl methyl sites for hydroxylation is 1. The van der Waals surface area contributed by atoms with Gasteiger partial charge < -0.3 is 15.2 Å². The van der Waals surface area contributed by atoms with Gasteiger partial charge in [0.25, 0.3) is 0 Å². The summed E-state index contributed by atoms with van der Waals surface area (Å²) in [6.07, 6.45) is 0.714. The number of methoxy groups -OCH3 is 1. The van der Waals surface area contributed by atoms with Gasteiger partial charge in [-0.25, -0.2) is 4.98 Å². The summed E-state index contributed by atoms with van der Waals surface area (Å²) in [5.74, 6) is 1.46. The fourth-order valence-electron chi connectivity index (χ4n) is 1.77. The maximum atomic E-state index is 5.72. The van der Waals surface area contributed by atoms with Gasteiger partial charge in [0.05, 0.1) is 29.3 Å². The highest BCUT2D eigenvalue weighted by Gasteiger charge is 2.10. The number of hydrogen-bond acceptors (Lipinski definition) is 5. The molecule has 4 nitrogen and oxygen atoms in total. The highest BCUT2D eigenvalue weighted by atomic mass is 32.1. The maximum absolute atomic E-state index is 5.72. The van der Waals surface area contributed by atoms with Gasteiger partial charge in [-0.15, -0.1) is 11.3 Å². The van der Waals surface area contributed by atoms with Crippen molar-refractivity contribution in [1.29, 1.82) is 0 Å². The zero-order chi connectivity index (χ0) is 14.5. The van der Waals surface area contributed by atoms with Crippen LogP contribution < -0.4 is 15.2 Å². The van der Waals surface area contributed by atoms with Gasteiger partial charge in [-0.05, 0) is 19.1 Å². The first kappa shape index (κ1) is 14.7. The second-order valence-corrected chi connectivity index (χ2v) is 5.66. The average molecular weight is 308 g/mol. The van der Waals surface area contributed by atoms with Crippen LogP contribution >= 0.6 is 23.6 Å². The van der Waals surface area contributed by atoms with Gasteiger partial charge in [-0.1, -0.05) is 24.4 Å². The fraction of sp³-hybridized carbons (Fsp3) is 0.286. The van der Waals surface area contributed by atoms with Gasteiger partial charge >= 0.3 is 0 Å². The van der Waals surface area contributed by atoms with Gasteiger partial charge in [0.15, 0.2) is 11.5 Å². The third kappa shape index (κ3) is 3.46. The summed E-state index contributed by atoms with van der Waals surface area (Å²) >= 11 is 6.51. The summed E-state index contributed by atoms with van der Waals surface area (Å²) in [5, 5.41) is 0.972. The number of thiocarbonyl (C=S) groups is 1. The van der Waals surface area contributed by atoms with Crippen molar-refractivity contribution < 1.29 is 9.47 Å². The molecule has 2 N–H and O–H groups in total. The van der Waals surface area contributed by atoms with Crippen LogP contribution in [0.15, 0.2) is 24.3 Å². The molecular formula is C14H16N2O2S2. The number of aromatic nitrogens is 1. The molecule has 0 spiro atoms. The smallest absolute Gasteiger partial charge is 0.161 e. The van der Waals surface area contributed by atoms with E-state index in [-0.39, 0.29) is 0 Å². The topological polar surface area (TPSA) is 57.4 Å². The van der Waals surface area contributed by atoms with Crippen LogP contribution in [0.1, 0.15) is 15.6 Å². The lowest BCUT2D eigenvalue weighted by atomic mass is 10.3. The third-order valence-electron chi connectivity index (χ3n) is 2.71. The largest absolute Gasteiger partial charge is 0.493 e. The number of para-hydroxylation sites is 2. The van der Waals surface area contributed by atoms with Crippen molar-refractivity contribution in [3.63, 3.8) is 0 Å². The van der Waals surface area contributed by atoms with E-state index in [9.17, 15) is 0 Å². The molecule has 0 atom stereocenters. The van der Waals surface area contributed by atoms with Gasteiger partial charge in [-0.3, -0.25) is 0 Å². The zero-order valence-corrected chi connectivity index (χ0v) is 13.0. The molecule has 1 heterocycles. The molecule has 6 heteroatoms. The SMILES string of the molecule is COc1ccccc1OCCc1nc(C)c(C(N)=S)s1. The van der Waals surface area contributed by atoms with Crippen LogP contribution in [0.3, 0.4) is 0 Å². The van der Waals surface area contributed by atoms with Crippen LogP contribution in [0, 0.1) is 6.92 Å². The summed E-state index contributed by atoms with van der Waals surface area (Å²) in [6.45, 7) is 2.44. The normalized spacial score (nSPS) is 10.3. The summed E-state index contributed by atoms with van der Waals surface area (Å²) in [7, 11) is 1.63. The minimum absolute atomic E-state index is 0.400. The van der Waals surface area contributed by atoms with Crippen LogP contribution in [-0.4, -0.2) is 23.7 Å². The van der Waals surface area contributed by atoms with Gasteiger partial charge in [0.2, 0.25) is 0 Å². The Morgan fingerprint density at radius 2 is 2.05 bits per heavy atom. The van der Waals surface area contributed by atoms with Crippen LogP contribution in [0.2, 0.25) is 0 Å².